The van der Waals surface area contributed by atoms with Gasteiger partial charge in [-0.25, -0.2) is 9.59 Å². The minimum atomic E-state index is -0.473. The molecule has 124 valence electrons. The summed E-state index contributed by atoms with van der Waals surface area (Å²) in [5.41, 5.74) is 0.297. The van der Waals surface area contributed by atoms with Crippen LogP contribution in [0.2, 0.25) is 0 Å². The molecule has 23 heavy (non-hydrogen) atoms. The molecule has 0 aromatic carbocycles. The largest absolute Gasteiger partial charge is 0.465 e. The molecule has 2 rings (SSSR count). The summed E-state index contributed by atoms with van der Waals surface area (Å²) in [6.45, 7) is 6.12. The van der Waals surface area contributed by atoms with Gasteiger partial charge in [-0.15, -0.1) is 11.3 Å². The summed E-state index contributed by atoms with van der Waals surface area (Å²) in [7, 11) is 3.07. The number of rotatable bonds is 3. The van der Waals surface area contributed by atoms with Crippen LogP contribution in [0.5, 0.6) is 0 Å². The van der Waals surface area contributed by atoms with Crippen molar-refractivity contribution in [1.82, 2.24) is 9.78 Å². The lowest BCUT2D eigenvalue weighted by atomic mass is 9.94. The first-order valence-electron chi connectivity index (χ1n) is 7.01. The fourth-order valence-electron chi connectivity index (χ4n) is 1.85. The number of esters is 1. The van der Waals surface area contributed by atoms with E-state index in [4.69, 9.17) is 4.74 Å². The average molecular weight is 336 g/mol. The zero-order valence-electron chi connectivity index (χ0n) is 13.8. The summed E-state index contributed by atoms with van der Waals surface area (Å²) in [6.07, 6.45) is 1.72. The van der Waals surface area contributed by atoms with Gasteiger partial charge in [0, 0.05) is 24.2 Å². The van der Waals surface area contributed by atoms with Crippen LogP contribution >= 0.6 is 11.3 Å². The van der Waals surface area contributed by atoms with Crippen molar-refractivity contribution in [3.8, 4) is 0 Å². The third-order valence-corrected chi connectivity index (χ3v) is 4.59. The monoisotopic (exact) mass is 336 g/mol. The van der Waals surface area contributed by atoms with E-state index >= 15 is 0 Å². The van der Waals surface area contributed by atoms with Crippen LogP contribution in [-0.4, -0.2) is 28.9 Å². The van der Waals surface area contributed by atoms with Crippen LogP contribution in [0.15, 0.2) is 18.3 Å². The van der Waals surface area contributed by atoms with Gasteiger partial charge in [-0.1, -0.05) is 20.8 Å². The summed E-state index contributed by atoms with van der Waals surface area (Å²) < 4.78 is 6.37. The van der Waals surface area contributed by atoms with E-state index in [-0.39, 0.29) is 5.41 Å². The van der Waals surface area contributed by atoms with Gasteiger partial charge in [0.15, 0.2) is 5.82 Å². The number of anilines is 2. The highest BCUT2D eigenvalue weighted by Gasteiger charge is 2.24. The van der Waals surface area contributed by atoms with E-state index in [0.717, 1.165) is 4.88 Å². The maximum atomic E-state index is 12.1. The number of hydrogen-bond acceptors (Lipinski definition) is 5. The normalized spacial score (nSPS) is 11.2. The highest BCUT2D eigenvalue weighted by molar-refractivity contribution is 7.14. The Labute approximate surface area is 138 Å². The van der Waals surface area contributed by atoms with Crippen molar-refractivity contribution in [3.05, 3.63) is 28.1 Å². The van der Waals surface area contributed by atoms with Gasteiger partial charge in [-0.2, -0.15) is 5.10 Å². The minimum Gasteiger partial charge on any atom is -0.465 e. The summed E-state index contributed by atoms with van der Waals surface area (Å²) in [5.74, 6) is -0.0467. The Kier molecular flexibility index (Phi) is 4.74. The highest BCUT2D eigenvalue weighted by Crippen LogP contribution is 2.35. The first-order valence-corrected chi connectivity index (χ1v) is 7.82. The van der Waals surface area contributed by atoms with Gasteiger partial charge in [0.05, 0.1) is 12.8 Å². The molecule has 0 radical (unpaired) electrons. The van der Waals surface area contributed by atoms with Gasteiger partial charge in [-0.3, -0.25) is 10.00 Å². The summed E-state index contributed by atoms with van der Waals surface area (Å²) in [4.78, 5) is 25.4. The molecule has 0 saturated carbocycles. The van der Waals surface area contributed by atoms with Crippen molar-refractivity contribution < 1.29 is 14.3 Å². The number of thiophene rings is 1. The number of nitrogens with zero attached hydrogens (tertiary/aromatic N) is 2. The smallest absolute Gasteiger partial charge is 0.350 e. The lowest BCUT2D eigenvalue weighted by Crippen LogP contribution is -2.20. The Balaban J connectivity index is 2.21. The molecule has 0 atom stereocenters. The van der Waals surface area contributed by atoms with Crippen LogP contribution in [0, 0.1) is 0 Å². The molecular formula is C15H20N4O3S. The number of amides is 2. The van der Waals surface area contributed by atoms with E-state index in [1.54, 1.807) is 30.1 Å². The van der Waals surface area contributed by atoms with Crippen molar-refractivity contribution >= 4 is 34.8 Å². The van der Waals surface area contributed by atoms with Gasteiger partial charge >= 0.3 is 12.0 Å². The number of nitrogens with one attached hydrogen (secondary N) is 2. The van der Waals surface area contributed by atoms with E-state index in [0.29, 0.717) is 16.4 Å². The Hall–Kier alpha value is -2.35. The van der Waals surface area contributed by atoms with Crippen molar-refractivity contribution in [2.24, 2.45) is 7.05 Å². The predicted molar refractivity (Wildman–Crippen MR) is 90.2 cm³/mol. The topological polar surface area (TPSA) is 85.2 Å². The molecule has 0 bridgehead atoms. The second kappa shape index (κ2) is 6.41. The molecule has 2 aromatic heterocycles. The number of methoxy groups -OCH3 is 1. The fourth-order valence-corrected chi connectivity index (χ4v) is 2.94. The molecule has 8 heteroatoms. The molecule has 2 aromatic rings. The summed E-state index contributed by atoms with van der Waals surface area (Å²) in [5, 5.41) is 9.37. The van der Waals surface area contributed by atoms with Gasteiger partial charge in [0.25, 0.3) is 0 Å². The molecule has 7 nitrogen and oxygen atoms in total. The maximum Gasteiger partial charge on any atom is 0.350 e. The molecule has 0 saturated heterocycles. The fraction of sp³-hybridized carbons (Fsp3) is 0.400. The summed E-state index contributed by atoms with van der Waals surface area (Å²) in [6, 6.07) is 3.01. The molecule has 0 fully saturated rings. The van der Waals surface area contributed by atoms with E-state index in [9.17, 15) is 9.59 Å². The van der Waals surface area contributed by atoms with Gasteiger partial charge in [0.2, 0.25) is 0 Å². The van der Waals surface area contributed by atoms with Crippen LogP contribution in [0.1, 0.15) is 35.3 Å². The predicted octanol–water partition coefficient (Wildman–Crippen LogP) is 3.21. The molecule has 0 aliphatic carbocycles. The first-order chi connectivity index (χ1) is 10.7. The molecule has 0 unspecified atom stereocenters. The van der Waals surface area contributed by atoms with E-state index in [2.05, 4.69) is 15.7 Å². The van der Waals surface area contributed by atoms with Crippen LogP contribution in [0.25, 0.3) is 0 Å². The number of carbonyl (C=O) groups is 2. The zero-order valence-corrected chi connectivity index (χ0v) is 14.6. The van der Waals surface area contributed by atoms with Crippen LogP contribution in [0.4, 0.5) is 16.3 Å². The first kappa shape index (κ1) is 17.0. The molecule has 0 aliphatic rings. The van der Waals surface area contributed by atoms with Crippen LogP contribution in [0.3, 0.4) is 0 Å². The second-order valence-corrected chi connectivity index (χ2v) is 7.10. The SMILES string of the molecule is COC(=O)c1sc(C(C)(C)C)cc1NC(=O)Nc1ccn(C)n1. The standard InChI is InChI=1S/C15H20N4O3S/c1-15(2,3)10-8-9(12(23-10)13(20)22-5)16-14(21)17-11-6-7-19(4)18-11/h6-8H,1-5H3,(H2,16,17,18,21). The van der Waals surface area contributed by atoms with Crippen molar-refractivity contribution in [2.45, 2.75) is 26.2 Å². The molecule has 2 heterocycles. The van der Waals surface area contributed by atoms with E-state index < -0.39 is 12.0 Å². The number of aryl methyl sites for hydroxylation is 1. The third-order valence-electron chi connectivity index (χ3n) is 3.05. The Morgan fingerprint density at radius 2 is 2.00 bits per heavy atom. The van der Waals surface area contributed by atoms with Crippen molar-refractivity contribution in [2.75, 3.05) is 17.7 Å². The highest BCUT2D eigenvalue weighted by atomic mass is 32.1. The zero-order chi connectivity index (χ0) is 17.2. The molecule has 0 spiro atoms. The lowest BCUT2D eigenvalue weighted by molar-refractivity contribution is 0.0607. The molecular weight excluding hydrogens is 316 g/mol. The second-order valence-electron chi connectivity index (χ2n) is 6.05. The quantitative estimate of drug-likeness (QED) is 0.843. The number of hydrogen-bond donors (Lipinski definition) is 2. The number of ether oxygens (including phenoxy) is 1. The van der Waals surface area contributed by atoms with Crippen LogP contribution < -0.4 is 10.6 Å². The van der Waals surface area contributed by atoms with E-state index in [1.165, 1.54) is 18.4 Å². The van der Waals surface area contributed by atoms with Crippen LogP contribution in [-0.2, 0) is 17.2 Å². The maximum absolute atomic E-state index is 12.1. The number of carbonyl (C=O) groups excluding carboxylic acids is 2. The Bertz CT molecular complexity index is 727. The van der Waals surface area contributed by atoms with Crippen molar-refractivity contribution in [3.63, 3.8) is 0 Å². The minimum absolute atomic E-state index is 0.134. The number of aromatic nitrogens is 2. The van der Waals surface area contributed by atoms with Crippen molar-refractivity contribution in [1.29, 1.82) is 0 Å². The Morgan fingerprint density at radius 3 is 2.52 bits per heavy atom. The van der Waals surface area contributed by atoms with Gasteiger partial charge < -0.3 is 10.1 Å². The average Bonchev–Trinajstić information content (AvgIpc) is 3.04. The molecule has 2 amide bonds. The van der Waals surface area contributed by atoms with E-state index in [1.807, 2.05) is 20.8 Å². The molecule has 2 N–H and O–H groups in total. The molecule has 0 aliphatic heterocycles. The summed E-state index contributed by atoms with van der Waals surface area (Å²) >= 11 is 1.31. The van der Waals surface area contributed by atoms with Gasteiger partial charge in [0.1, 0.15) is 4.88 Å². The van der Waals surface area contributed by atoms with Gasteiger partial charge in [-0.05, 0) is 11.5 Å². The number of urea groups is 1. The lowest BCUT2D eigenvalue weighted by Gasteiger charge is -2.15. The third kappa shape index (κ3) is 4.10. The Morgan fingerprint density at radius 1 is 1.30 bits per heavy atom.